The minimum Gasteiger partial charge on any atom is -0.437 e. The van der Waals surface area contributed by atoms with Gasteiger partial charge in [-0.1, -0.05) is 80.1 Å². The maximum atomic E-state index is 12.5. The van der Waals surface area contributed by atoms with Gasteiger partial charge < -0.3 is 9.84 Å². The zero-order valence-electron chi connectivity index (χ0n) is 19.6. The van der Waals surface area contributed by atoms with Gasteiger partial charge in [0.25, 0.3) is 0 Å². The van der Waals surface area contributed by atoms with E-state index in [0.717, 1.165) is 32.5 Å². The summed E-state index contributed by atoms with van der Waals surface area (Å²) in [6, 6.07) is 20.9. The van der Waals surface area contributed by atoms with Gasteiger partial charge in [-0.2, -0.15) is 0 Å². The number of nitrogens with zero attached hydrogens (tertiary/aromatic N) is 2. The van der Waals surface area contributed by atoms with Crippen LogP contribution in [0, 0.1) is 0 Å². The summed E-state index contributed by atoms with van der Waals surface area (Å²) in [5, 5.41) is 11.3. The van der Waals surface area contributed by atoms with Crippen molar-refractivity contribution in [3.63, 3.8) is 0 Å². The first-order valence-electron chi connectivity index (χ1n) is 11.7. The number of rotatable bonds is 7. The second-order valence-electron chi connectivity index (χ2n) is 9.04. The second-order valence-corrected chi connectivity index (χ2v) is 9.04. The van der Waals surface area contributed by atoms with E-state index >= 15 is 0 Å². The van der Waals surface area contributed by atoms with Crippen LogP contribution in [0.5, 0.6) is 0 Å². The molecule has 1 N–H and O–H groups in total. The average molecular weight is 471 g/mol. The Bertz CT molecular complexity index is 897. The predicted molar refractivity (Wildman–Crippen MR) is 134 cm³/mol. The summed E-state index contributed by atoms with van der Waals surface area (Å²) in [6.07, 6.45) is 5.00. The highest BCUT2D eigenvalue weighted by atomic mass is 35.5. The summed E-state index contributed by atoms with van der Waals surface area (Å²) in [5.74, 6) is 0. The average Bonchev–Trinajstić information content (AvgIpc) is 2.99. The van der Waals surface area contributed by atoms with Crippen LogP contribution in [0.25, 0.3) is 5.57 Å². The molecule has 0 radical (unpaired) electrons. The molecule has 1 atom stereocenters. The van der Waals surface area contributed by atoms with E-state index in [0.29, 0.717) is 19.4 Å². The Morgan fingerprint density at radius 1 is 1.03 bits per heavy atom. The van der Waals surface area contributed by atoms with E-state index in [2.05, 4.69) is 66.4 Å². The molecule has 0 bridgehead atoms. The van der Waals surface area contributed by atoms with Gasteiger partial charge in [-0.3, -0.25) is 9.80 Å². The summed E-state index contributed by atoms with van der Waals surface area (Å²) < 4.78 is 5.82. The number of unbranched alkanes of at least 4 members (excludes halogenated alkanes) is 1. The lowest BCUT2D eigenvalue weighted by molar-refractivity contribution is -0.164. The molecule has 0 saturated carbocycles. The zero-order chi connectivity index (χ0) is 22.6. The smallest absolute Gasteiger partial charge is 0.412 e. The highest BCUT2D eigenvalue weighted by molar-refractivity contribution is 5.85. The molecule has 33 heavy (non-hydrogen) atoms. The molecule has 1 amide bonds. The van der Waals surface area contributed by atoms with Gasteiger partial charge in [-0.15, -0.1) is 12.4 Å². The number of hydrogen-bond acceptors (Lipinski definition) is 4. The maximum absolute atomic E-state index is 12.5. The molecule has 4 rings (SSSR count). The molecule has 2 aliphatic rings. The molecule has 2 heterocycles. The molecule has 0 aliphatic carbocycles. The zero-order valence-corrected chi connectivity index (χ0v) is 20.4. The van der Waals surface area contributed by atoms with Gasteiger partial charge in [0.05, 0.1) is 0 Å². The molecular weight excluding hydrogens is 436 g/mol. The van der Waals surface area contributed by atoms with Crippen LogP contribution < -0.4 is 0 Å². The Morgan fingerprint density at radius 3 is 2.09 bits per heavy atom. The lowest BCUT2D eigenvalue weighted by Crippen LogP contribution is -2.60. The highest BCUT2D eigenvalue weighted by Gasteiger charge is 2.62. The Labute approximate surface area is 203 Å². The number of hydrogen-bond donors (Lipinski definition) is 1. The first kappa shape index (κ1) is 25.3. The number of ether oxygens (including phenoxy) is 1. The van der Waals surface area contributed by atoms with Crippen LogP contribution in [-0.2, 0) is 4.74 Å². The lowest BCUT2D eigenvalue weighted by Gasteiger charge is -2.44. The van der Waals surface area contributed by atoms with Crippen LogP contribution in [0.4, 0.5) is 4.79 Å². The predicted octanol–water partition coefficient (Wildman–Crippen LogP) is 5.34. The van der Waals surface area contributed by atoms with Crippen molar-refractivity contribution in [3.8, 4) is 0 Å². The molecule has 1 unspecified atom stereocenters. The van der Waals surface area contributed by atoms with Crippen LogP contribution in [0.15, 0.2) is 66.7 Å². The number of carbonyl (C=O) groups excluding carboxylic acids is 1. The van der Waals surface area contributed by atoms with E-state index in [4.69, 9.17) is 4.74 Å². The normalized spacial score (nSPS) is 22.0. The fraction of sp³-hybridized carbons (Fsp3) is 0.444. The number of piperidine rings is 1. The van der Waals surface area contributed by atoms with Gasteiger partial charge in [0, 0.05) is 39.0 Å². The Kier molecular flexibility index (Phi) is 8.22. The lowest BCUT2D eigenvalue weighted by atomic mass is 9.82. The van der Waals surface area contributed by atoms with Crippen molar-refractivity contribution < 1.29 is 14.6 Å². The van der Waals surface area contributed by atoms with E-state index in [1.807, 2.05) is 12.1 Å². The van der Waals surface area contributed by atoms with Crippen molar-refractivity contribution >= 4 is 24.1 Å². The van der Waals surface area contributed by atoms with Crippen LogP contribution in [-0.4, -0.2) is 58.5 Å². The Morgan fingerprint density at radius 2 is 1.58 bits per heavy atom. The van der Waals surface area contributed by atoms with E-state index in [9.17, 15) is 9.90 Å². The molecular formula is C27H35ClN2O3. The van der Waals surface area contributed by atoms with Crippen LogP contribution in [0.2, 0.25) is 0 Å². The summed E-state index contributed by atoms with van der Waals surface area (Å²) in [7, 11) is 0. The van der Waals surface area contributed by atoms with Crippen molar-refractivity contribution in [2.24, 2.45) is 0 Å². The molecule has 6 heteroatoms. The topological polar surface area (TPSA) is 53.0 Å². The quantitative estimate of drug-likeness (QED) is 0.593. The standard InChI is InChI=1S/C27H34N2O3.ClH/c1-3-4-18-29-25(30)32-27(26(29,2)31)16-20-28(21-17-27)19-15-24(22-11-7-5-8-12-22)23-13-9-6-10-14-23;/h5-15,31H,3-4,16-21H2,1-2H3;1H. The summed E-state index contributed by atoms with van der Waals surface area (Å²) in [4.78, 5) is 16.4. The number of aliphatic hydroxyl groups is 1. The Balaban J connectivity index is 0.00000306. The molecule has 5 nitrogen and oxygen atoms in total. The van der Waals surface area contributed by atoms with E-state index in [-0.39, 0.29) is 18.5 Å². The SMILES string of the molecule is CCCCN1C(=O)OC2(CCN(CC=C(c3ccccc3)c3ccccc3)CC2)C1(C)O.Cl. The van der Waals surface area contributed by atoms with E-state index in [1.165, 1.54) is 21.6 Å². The fourth-order valence-corrected chi connectivity index (χ4v) is 4.90. The van der Waals surface area contributed by atoms with Gasteiger partial charge >= 0.3 is 6.09 Å². The minimum absolute atomic E-state index is 0. The molecule has 2 aromatic rings. The number of amides is 1. The molecule has 1 spiro atoms. The van der Waals surface area contributed by atoms with Crippen LogP contribution in [0.3, 0.4) is 0 Å². The third-order valence-corrected chi connectivity index (χ3v) is 7.01. The molecule has 2 aromatic carbocycles. The number of likely N-dealkylation sites (tertiary alicyclic amines) is 1. The second kappa shape index (κ2) is 10.7. The van der Waals surface area contributed by atoms with Crippen LogP contribution >= 0.6 is 12.4 Å². The maximum Gasteiger partial charge on any atom is 0.412 e. The fourth-order valence-electron chi connectivity index (χ4n) is 4.90. The molecule has 178 valence electrons. The third kappa shape index (κ3) is 5.11. The van der Waals surface area contributed by atoms with Crippen molar-refractivity contribution in [1.82, 2.24) is 9.80 Å². The number of carbonyl (C=O) groups is 1. The first-order chi connectivity index (χ1) is 15.5. The monoisotopic (exact) mass is 470 g/mol. The largest absolute Gasteiger partial charge is 0.437 e. The third-order valence-electron chi connectivity index (χ3n) is 7.01. The van der Waals surface area contributed by atoms with E-state index in [1.54, 1.807) is 6.92 Å². The van der Waals surface area contributed by atoms with Crippen molar-refractivity contribution in [2.45, 2.75) is 50.9 Å². The summed E-state index contributed by atoms with van der Waals surface area (Å²) in [6.45, 7) is 6.72. The molecule has 0 aromatic heterocycles. The van der Waals surface area contributed by atoms with Crippen LogP contribution in [0.1, 0.15) is 50.7 Å². The van der Waals surface area contributed by atoms with Gasteiger partial charge in [0.1, 0.15) is 0 Å². The molecule has 2 fully saturated rings. The number of benzene rings is 2. The molecule has 2 aliphatic heterocycles. The van der Waals surface area contributed by atoms with Crippen molar-refractivity contribution in [3.05, 3.63) is 77.9 Å². The van der Waals surface area contributed by atoms with Crippen molar-refractivity contribution in [2.75, 3.05) is 26.2 Å². The minimum atomic E-state index is -1.26. The molecule has 2 saturated heterocycles. The number of halogens is 1. The first-order valence-corrected chi connectivity index (χ1v) is 11.7. The van der Waals surface area contributed by atoms with E-state index < -0.39 is 11.3 Å². The summed E-state index contributed by atoms with van der Waals surface area (Å²) in [5.41, 5.74) is 1.54. The highest BCUT2D eigenvalue weighted by Crippen LogP contribution is 2.44. The summed E-state index contributed by atoms with van der Waals surface area (Å²) >= 11 is 0. The van der Waals surface area contributed by atoms with Gasteiger partial charge in [-0.25, -0.2) is 4.79 Å². The van der Waals surface area contributed by atoms with Gasteiger partial charge in [-0.05, 0) is 30.0 Å². The van der Waals surface area contributed by atoms with Crippen molar-refractivity contribution in [1.29, 1.82) is 0 Å². The van der Waals surface area contributed by atoms with Gasteiger partial charge in [0.15, 0.2) is 11.3 Å². The van der Waals surface area contributed by atoms with Gasteiger partial charge in [0.2, 0.25) is 0 Å². The Hall–Kier alpha value is -2.34.